The number of aromatic amines is 1. The average molecular weight is 234 g/mol. The molecule has 0 saturated heterocycles. The first-order chi connectivity index (χ1) is 7.99. The van der Waals surface area contributed by atoms with Crippen molar-refractivity contribution in [3.05, 3.63) is 28.3 Å². The van der Waals surface area contributed by atoms with Crippen LogP contribution in [0.25, 0.3) is 11.0 Å². The van der Waals surface area contributed by atoms with Gasteiger partial charge >= 0.3 is 0 Å². The number of fused-ring (bicyclic) bond motifs is 1. The van der Waals surface area contributed by atoms with Crippen molar-refractivity contribution in [3.63, 3.8) is 0 Å². The second-order valence-corrected chi connectivity index (χ2v) is 4.22. The second-order valence-electron chi connectivity index (χ2n) is 4.22. The Kier molecular flexibility index (Phi) is 2.71. The van der Waals surface area contributed by atoms with Crippen molar-refractivity contribution in [1.82, 2.24) is 9.97 Å². The summed E-state index contributed by atoms with van der Waals surface area (Å²) in [5.74, 6) is 0.718. The van der Waals surface area contributed by atoms with Crippen LogP contribution in [0.4, 0.5) is 11.6 Å². The highest BCUT2D eigenvalue weighted by molar-refractivity contribution is 5.80. The summed E-state index contributed by atoms with van der Waals surface area (Å²) >= 11 is 0. The number of aromatic nitrogens is 2. The van der Waals surface area contributed by atoms with Gasteiger partial charge in [-0.2, -0.15) is 0 Å². The van der Waals surface area contributed by atoms with Gasteiger partial charge in [0.2, 0.25) is 5.95 Å². The summed E-state index contributed by atoms with van der Waals surface area (Å²) in [4.78, 5) is 19.7. The minimum absolute atomic E-state index is 0.0581. The number of non-ortho nitro benzene ring substituents is 1. The third-order valence-corrected chi connectivity index (χ3v) is 2.77. The molecule has 6 heteroatoms. The minimum atomic E-state index is -0.417. The van der Waals surface area contributed by atoms with E-state index in [0.717, 1.165) is 11.5 Å². The summed E-state index contributed by atoms with van der Waals surface area (Å²) < 4.78 is 0. The maximum Gasteiger partial charge on any atom is 0.271 e. The summed E-state index contributed by atoms with van der Waals surface area (Å²) in [5, 5.41) is 10.7. The van der Waals surface area contributed by atoms with Crippen LogP contribution in [-0.2, 0) is 0 Å². The van der Waals surface area contributed by atoms with Crippen molar-refractivity contribution < 1.29 is 4.92 Å². The fraction of sp³-hybridized carbons (Fsp3) is 0.364. The summed E-state index contributed by atoms with van der Waals surface area (Å²) in [6.45, 7) is 4.10. The third-order valence-electron chi connectivity index (χ3n) is 2.77. The molecule has 2 aromatic rings. The molecule has 0 bridgehead atoms. The van der Waals surface area contributed by atoms with E-state index < -0.39 is 4.92 Å². The lowest BCUT2D eigenvalue weighted by molar-refractivity contribution is -0.384. The molecule has 1 heterocycles. The van der Waals surface area contributed by atoms with Gasteiger partial charge in [0, 0.05) is 25.2 Å². The van der Waals surface area contributed by atoms with Crippen LogP contribution in [0, 0.1) is 10.1 Å². The van der Waals surface area contributed by atoms with Gasteiger partial charge in [-0.1, -0.05) is 0 Å². The van der Waals surface area contributed by atoms with E-state index in [-0.39, 0.29) is 5.69 Å². The van der Waals surface area contributed by atoms with Gasteiger partial charge in [-0.3, -0.25) is 10.1 Å². The lowest BCUT2D eigenvalue weighted by atomic mass is 10.3. The van der Waals surface area contributed by atoms with Gasteiger partial charge in [0.15, 0.2) is 0 Å². The lowest BCUT2D eigenvalue weighted by Crippen LogP contribution is -2.26. The van der Waals surface area contributed by atoms with E-state index in [4.69, 9.17) is 0 Å². The van der Waals surface area contributed by atoms with Crippen LogP contribution in [-0.4, -0.2) is 28.0 Å². The Bertz CT molecular complexity index is 562. The predicted molar refractivity (Wildman–Crippen MR) is 66.3 cm³/mol. The van der Waals surface area contributed by atoms with Crippen molar-refractivity contribution in [2.75, 3.05) is 11.9 Å². The number of nitrogens with one attached hydrogen (secondary N) is 1. The number of H-pyrrole nitrogens is 1. The molecule has 0 unspecified atom stereocenters. The van der Waals surface area contributed by atoms with Crippen LogP contribution in [0.15, 0.2) is 18.2 Å². The van der Waals surface area contributed by atoms with E-state index in [1.807, 2.05) is 11.9 Å². The first-order valence-corrected chi connectivity index (χ1v) is 5.36. The Labute approximate surface area is 98.4 Å². The molecule has 90 valence electrons. The SMILES string of the molecule is CC(C)N(C)c1nc2cc([N+](=O)[O-])ccc2[nH]1. The Morgan fingerprint density at radius 3 is 2.76 bits per heavy atom. The first-order valence-electron chi connectivity index (χ1n) is 5.36. The number of nitro groups is 1. The van der Waals surface area contributed by atoms with Crippen LogP contribution in [0.1, 0.15) is 13.8 Å². The summed E-state index contributed by atoms with van der Waals surface area (Å²) in [7, 11) is 1.93. The van der Waals surface area contributed by atoms with Crippen molar-refractivity contribution in [1.29, 1.82) is 0 Å². The van der Waals surface area contributed by atoms with Gasteiger partial charge in [-0.15, -0.1) is 0 Å². The highest BCUT2D eigenvalue weighted by Gasteiger charge is 2.13. The molecule has 2 rings (SSSR count). The van der Waals surface area contributed by atoms with Crippen molar-refractivity contribution >= 4 is 22.7 Å². The van der Waals surface area contributed by atoms with Gasteiger partial charge in [0.25, 0.3) is 5.69 Å². The number of rotatable bonds is 3. The molecule has 0 fully saturated rings. The smallest absolute Gasteiger partial charge is 0.271 e. The molecule has 1 aromatic heterocycles. The Hall–Kier alpha value is -2.11. The summed E-state index contributed by atoms with van der Waals surface area (Å²) in [6.07, 6.45) is 0. The van der Waals surface area contributed by atoms with Crippen LogP contribution in [0.5, 0.6) is 0 Å². The lowest BCUT2D eigenvalue weighted by Gasteiger charge is -2.19. The normalized spacial score (nSPS) is 11.1. The number of benzene rings is 1. The van der Waals surface area contributed by atoms with E-state index in [0.29, 0.717) is 11.6 Å². The topological polar surface area (TPSA) is 75.1 Å². The maximum absolute atomic E-state index is 10.7. The number of nitrogens with zero attached hydrogens (tertiary/aromatic N) is 3. The Morgan fingerprint density at radius 2 is 2.18 bits per heavy atom. The van der Waals surface area contributed by atoms with Gasteiger partial charge in [0.05, 0.1) is 16.0 Å². The Balaban J connectivity index is 2.47. The quantitative estimate of drug-likeness (QED) is 0.653. The van der Waals surface area contributed by atoms with Crippen molar-refractivity contribution in [3.8, 4) is 0 Å². The van der Waals surface area contributed by atoms with E-state index in [1.165, 1.54) is 12.1 Å². The van der Waals surface area contributed by atoms with Crippen LogP contribution < -0.4 is 4.90 Å². The highest BCUT2D eigenvalue weighted by atomic mass is 16.6. The maximum atomic E-state index is 10.7. The molecule has 0 amide bonds. The molecule has 1 aromatic carbocycles. The fourth-order valence-electron chi connectivity index (χ4n) is 1.51. The third kappa shape index (κ3) is 2.06. The first kappa shape index (κ1) is 11.4. The average Bonchev–Trinajstić information content (AvgIpc) is 2.69. The molecule has 0 saturated carbocycles. The molecule has 0 aliphatic carbocycles. The van der Waals surface area contributed by atoms with E-state index in [9.17, 15) is 10.1 Å². The molecule has 17 heavy (non-hydrogen) atoms. The number of hydrogen-bond donors (Lipinski definition) is 1. The monoisotopic (exact) mass is 234 g/mol. The number of anilines is 1. The molecule has 0 aliphatic rings. The van der Waals surface area contributed by atoms with Gasteiger partial charge in [-0.25, -0.2) is 4.98 Å². The molecule has 1 N–H and O–H groups in total. The van der Waals surface area contributed by atoms with Gasteiger partial charge in [-0.05, 0) is 19.9 Å². The minimum Gasteiger partial charge on any atom is -0.343 e. The van der Waals surface area contributed by atoms with E-state index in [2.05, 4.69) is 23.8 Å². The van der Waals surface area contributed by atoms with Gasteiger partial charge < -0.3 is 9.88 Å². The van der Waals surface area contributed by atoms with Crippen LogP contribution in [0.3, 0.4) is 0 Å². The summed E-state index contributed by atoms with van der Waals surface area (Å²) in [6, 6.07) is 4.94. The highest BCUT2D eigenvalue weighted by Crippen LogP contribution is 2.22. The number of hydrogen-bond acceptors (Lipinski definition) is 4. The largest absolute Gasteiger partial charge is 0.343 e. The predicted octanol–water partition coefficient (Wildman–Crippen LogP) is 2.32. The standard InChI is InChI=1S/C11H14N4O2/c1-7(2)14(3)11-12-9-5-4-8(15(16)17)6-10(9)13-11/h4-7H,1-3H3,(H,12,13). The van der Waals surface area contributed by atoms with Crippen LogP contribution in [0.2, 0.25) is 0 Å². The van der Waals surface area contributed by atoms with E-state index >= 15 is 0 Å². The molecular formula is C11H14N4O2. The van der Waals surface area contributed by atoms with Crippen LogP contribution >= 0.6 is 0 Å². The second kappa shape index (κ2) is 4.04. The number of imidazole rings is 1. The molecule has 0 radical (unpaired) electrons. The molecule has 6 nitrogen and oxygen atoms in total. The fourth-order valence-corrected chi connectivity index (χ4v) is 1.51. The molecule has 0 atom stereocenters. The molecule has 0 spiro atoms. The van der Waals surface area contributed by atoms with Crippen molar-refractivity contribution in [2.24, 2.45) is 0 Å². The molecular weight excluding hydrogens is 220 g/mol. The zero-order valence-electron chi connectivity index (χ0n) is 9.97. The molecule has 0 aliphatic heterocycles. The van der Waals surface area contributed by atoms with E-state index in [1.54, 1.807) is 6.07 Å². The zero-order valence-corrected chi connectivity index (χ0v) is 9.97. The number of nitro benzene ring substituents is 1. The Morgan fingerprint density at radius 1 is 1.47 bits per heavy atom. The zero-order chi connectivity index (χ0) is 12.6. The van der Waals surface area contributed by atoms with Gasteiger partial charge in [0.1, 0.15) is 0 Å². The summed E-state index contributed by atoms with van der Waals surface area (Å²) in [5.41, 5.74) is 1.47. The van der Waals surface area contributed by atoms with Crippen molar-refractivity contribution in [2.45, 2.75) is 19.9 Å².